The lowest BCUT2D eigenvalue weighted by Gasteiger charge is -2.28. The highest BCUT2D eigenvalue weighted by Crippen LogP contribution is 2.27. The third-order valence-corrected chi connectivity index (χ3v) is 5.44. The largest absolute Gasteiger partial charge is 0.493 e. The van der Waals surface area contributed by atoms with Crippen LogP contribution in [0.25, 0.3) is 0 Å². The van der Waals surface area contributed by atoms with Gasteiger partial charge in [0, 0.05) is 33.2 Å². The Morgan fingerprint density at radius 2 is 1.74 bits per heavy atom. The molecule has 1 heterocycles. The zero-order valence-electron chi connectivity index (χ0n) is 21.0. The summed E-state index contributed by atoms with van der Waals surface area (Å²) in [5.41, 5.74) is 1.02. The number of nitrogens with zero attached hydrogens (tertiary/aromatic N) is 2. The molecule has 0 bridgehead atoms. The van der Waals surface area contributed by atoms with Crippen LogP contribution in [0.5, 0.6) is 11.5 Å². The maximum atomic E-state index is 13.4. The summed E-state index contributed by atoms with van der Waals surface area (Å²) in [4.78, 5) is 29.5. The van der Waals surface area contributed by atoms with Crippen LogP contribution in [0.1, 0.15) is 38.0 Å². The Labute approximate surface area is 202 Å². The molecule has 0 N–H and O–H groups in total. The first kappa shape index (κ1) is 27.2. The number of carbonyl (C=O) groups is 2. The Morgan fingerprint density at radius 3 is 2.35 bits per heavy atom. The average molecular weight is 475 g/mol. The zero-order valence-corrected chi connectivity index (χ0v) is 21.0. The first-order valence-electron chi connectivity index (χ1n) is 11.7. The molecule has 8 nitrogen and oxygen atoms in total. The van der Waals surface area contributed by atoms with Crippen LogP contribution >= 0.6 is 0 Å². The van der Waals surface area contributed by atoms with Gasteiger partial charge in [-0.15, -0.1) is 0 Å². The van der Waals surface area contributed by atoms with E-state index in [4.69, 9.17) is 18.6 Å². The van der Waals surface area contributed by atoms with Crippen LogP contribution in [-0.2, 0) is 27.3 Å². The lowest BCUT2D eigenvalue weighted by atomic mass is 10.1. The van der Waals surface area contributed by atoms with Crippen molar-refractivity contribution in [3.63, 3.8) is 0 Å². The van der Waals surface area contributed by atoms with Crippen LogP contribution in [0.2, 0.25) is 0 Å². The molecule has 0 unspecified atom stereocenters. The Morgan fingerprint density at radius 1 is 0.971 bits per heavy atom. The number of amides is 2. The van der Waals surface area contributed by atoms with Gasteiger partial charge in [0.25, 0.3) is 0 Å². The quantitative estimate of drug-likeness (QED) is 0.366. The maximum absolute atomic E-state index is 13.4. The summed E-state index contributed by atoms with van der Waals surface area (Å²) in [6.07, 6.45) is 3.30. The second-order valence-corrected chi connectivity index (χ2v) is 8.59. The third-order valence-electron chi connectivity index (χ3n) is 5.44. The Balaban J connectivity index is 2.14. The zero-order chi connectivity index (χ0) is 24.9. The Hall–Kier alpha value is -3.00. The molecular formula is C26H38N2O6. The Kier molecular flexibility index (Phi) is 11.5. The van der Waals surface area contributed by atoms with Crippen molar-refractivity contribution in [2.75, 3.05) is 47.6 Å². The lowest BCUT2D eigenvalue weighted by Crippen LogP contribution is -2.44. The monoisotopic (exact) mass is 474 g/mol. The highest BCUT2D eigenvalue weighted by atomic mass is 16.5. The van der Waals surface area contributed by atoms with Crippen LogP contribution in [0.4, 0.5) is 0 Å². The molecule has 2 amide bonds. The van der Waals surface area contributed by atoms with Gasteiger partial charge in [0.1, 0.15) is 5.76 Å². The molecule has 0 atom stereocenters. The van der Waals surface area contributed by atoms with Crippen LogP contribution in [-0.4, -0.2) is 69.2 Å². The van der Waals surface area contributed by atoms with Gasteiger partial charge in [0.15, 0.2) is 11.5 Å². The van der Waals surface area contributed by atoms with Crippen molar-refractivity contribution < 1.29 is 28.2 Å². The van der Waals surface area contributed by atoms with Crippen LogP contribution < -0.4 is 9.47 Å². The van der Waals surface area contributed by atoms with E-state index in [1.165, 1.54) is 0 Å². The van der Waals surface area contributed by atoms with Gasteiger partial charge in [-0.25, -0.2) is 0 Å². The van der Waals surface area contributed by atoms with Crippen molar-refractivity contribution in [2.45, 2.75) is 39.7 Å². The Bertz CT molecular complexity index is 881. The minimum absolute atomic E-state index is 0.0164. The first-order valence-corrected chi connectivity index (χ1v) is 11.7. The van der Waals surface area contributed by atoms with Crippen LogP contribution in [0.15, 0.2) is 41.0 Å². The van der Waals surface area contributed by atoms with E-state index in [0.29, 0.717) is 62.8 Å². The number of hydrogen-bond donors (Lipinski definition) is 0. The molecule has 0 spiro atoms. The van der Waals surface area contributed by atoms with E-state index in [9.17, 15) is 9.59 Å². The van der Waals surface area contributed by atoms with Gasteiger partial charge in [-0.1, -0.05) is 19.9 Å². The molecule has 0 fully saturated rings. The number of carbonyl (C=O) groups excluding carboxylic acids is 2. The molecule has 34 heavy (non-hydrogen) atoms. The fraction of sp³-hybridized carbons (Fsp3) is 0.538. The summed E-state index contributed by atoms with van der Waals surface area (Å²) in [5.74, 6) is 2.08. The van der Waals surface area contributed by atoms with E-state index in [1.54, 1.807) is 43.5 Å². The first-order chi connectivity index (χ1) is 16.4. The van der Waals surface area contributed by atoms with Crippen molar-refractivity contribution in [1.82, 2.24) is 9.80 Å². The summed E-state index contributed by atoms with van der Waals surface area (Å²) in [6, 6.07) is 9.37. The van der Waals surface area contributed by atoms with Crippen molar-refractivity contribution in [1.29, 1.82) is 0 Å². The summed E-state index contributed by atoms with van der Waals surface area (Å²) < 4.78 is 21.3. The minimum Gasteiger partial charge on any atom is -0.493 e. The summed E-state index contributed by atoms with van der Waals surface area (Å²) >= 11 is 0. The average Bonchev–Trinajstić information content (AvgIpc) is 3.33. The van der Waals surface area contributed by atoms with E-state index in [1.807, 2.05) is 38.1 Å². The molecule has 2 rings (SSSR count). The number of rotatable bonds is 15. The van der Waals surface area contributed by atoms with E-state index < -0.39 is 0 Å². The van der Waals surface area contributed by atoms with Gasteiger partial charge >= 0.3 is 0 Å². The van der Waals surface area contributed by atoms with Crippen LogP contribution in [0.3, 0.4) is 0 Å². The van der Waals surface area contributed by atoms with E-state index in [-0.39, 0.29) is 24.3 Å². The van der Waals surface area contributed by atoms with Gasteiger partial charge in [-0.05, 0) is 48.6 Å². The SMILES string of the molecule is COCCCN(CC(=O)N(CCc1ccc(OC)c(OC)c1)Cc1ccco1)C(=O)CC(C)C. The molecule has 0 aliphatic rings. The van der Waals surface area contributed by atoms with Gasteiger partial charge in [-0.3, -0.25) is 9.59 Å². The summed E-state index contributed by atoms with van der Waals surface area (Å²) in [6.45, 7) is 5.86. The predicted molar refractivity (Wildman–Crippen MR) is 130 cm³/mol. The molecule has 188 valence electrons. The van der Waals surface area contributed by atoms with Gasteiger partial charge < -0.3 is 28.4 Å². The molecule has 0 saturated carbocycles. The van der Waals surface area contributed by atoms with Crippen molar-refractivity contribution >= 4 is 11.8 Å². The number of hydrogen-bond acceptors (Lipinski definition) is 6. The standard InChI is InChI=1S/C26H38N2O6/c1-20(2)16-25(29)27(12-7-14-31-3)19-26(30)28(18-22-8-6-15-34-22)13-11-21-9-10-23(32-4)24(17-21)33-5/h6,8-10,15,17,20H,7,11-14,16,18-19H2,1-5H3. The minimum atomic E-state index is -0.119. The molecule has 0 radical (unpaired) electrons. The number of ether oxygens (including phenoxy) is 3. The summed E-state index contributed by atoms with van der Waals surface area (Å²) in [5, 5.41) is 0. The fourth-order valence-electron chi connectivity index (χ4n) is 3.62. The molecule has 1 aromatic carbocycles. The molecule has 0 aliphatic carbocycles. The van der Waals surface area contributed by atoms with Crippen molar-refractivity contribution in [3.05, 3.63) is 47.9 Å². The molecule has 0 saturated heterocycles. The van der Waals surface area contributed by atoms with Gasteiger partial charge in [-0.2, -0.15) is 0 Å². The molecular weight excluding hydrogens is 436 g/mol. The molecule has 1 aromatic heterocycles. The number of benzene rings is 1. The van der Waals surface area contributed by atoms with E-state index in [2.05, 4.69) is 0 Å². The van der Waals surface area contributed by atoms with Gasteiger partial charge in [0.2, 0.25) is 11.8 Å². The molecule has 0 aliphatic heterocycles. The second kappa shape index (κ2) is 14.3. The van der Waals surface area contributed by atoms with Crippen molar-refractivity contribution in [2.24, 2.45) is 5.92 Å². The third kappa shape index (κ3) is 8.74. The number of methoxy groups -OCH3 is 3. The van der Waals surface area contributed by atoms with E-state index in [0.717, 1.165) is 5.56 Å². The second-order valence-electron chi connectivity index (χ2n) is 8.59. The topological polar surface area (TPSA) is 81.5 Å². The highest BCUT2D eigenvalue weighted by Gasteiger charge is 2.22. The van der Waals surface area contributed by atoms with Gasteiger partial charge in [0.05, 0.1) is 33.6 Å². The van der Waals surface area contributed by atoms with Crippen molar-refractivity contribution in [3.8, 4) is 11.5 Å². The summed E-state index contributed by atoms with van der Waals surface area (Å²) in [7, 11) is 4.83. The van der Waals surface area contributed by atoms with Crippen LogP contribution in [0, 0.1) is 5.92 Å². The lowest BCUT2D eigenvalue weighted by molar-refractivity contribution is -0.141. The fourth-order valence-corrected chi connectivity index (χ4v) is 3.62. The van der Waals surface area contributed by atoms with E-state index >= 15 is 0 Å². The smallest absolute Gasteiger partial charge is 0.242 e. The normalized spacial score (nSPS) is 10.9. The highest BCUT2D eigenvalue weighted by molar-refractivity contribution is 5.85. The number of furan rings is 1. The predicted octanol–water partition coefficient (Wildman–Crippen LogP) is 3.78. The maximum Gasteiger partial charge on any atom is 0.242 e. The molecule has 8 heteroatoms. The molecule has 2 aromatic rings.